The number of anilines is 1. The number of rotatable bonds is 1. The molecule has 0 saturated heterocycles. The molecule has 22 heavy (non-hydrogen) atoms. The number of nitrogens with zero attached hydrogens (tertiary/aromatic N) is 3. The summed E-state index contributed by atoms with van der Waals surface area (Å²) < 4.78 is 5.20. The second-order valence-corrected chi connectivity index (χ2v) is 4.61. The van der Waals surface area contributed by atoms with E-state index in [0.29, 0.717) is 12.6 Å². The molecule has 1 aliphatic rings. The van der Waals surface area contributed by atoms with Gasteiger partial charge < -0.3 is 10.1 Å². The lowest BCUT2D eigenvalue weighted by atomic mass is 10.2. The molecule has 2 aromatic carbocycles. The number of para-hydroxylation sites is 2. The Morgan fingerprint density at radius 1 is 0.955 bits per heavy atom. The number of hydrogen-bond donors (Lipinski definition) is 1. The zero-order valence-corrected chi connectivity index (χ0v) is 12.0. The highest BCUT2D eigenvalue weighted by atomic mass is 16.5. The molecule has 2 heterocycles. The van der Waals surface area contributed by atoms with Gasteiger partial charge in [-0.15, -0.1) is 0 Å². The fourth-order valence-electron chi connectivity index (χ4n) is 1.98. The summed E-state index contributed by atoms with van der Waals surface area (Å²) in [6.45, 7) is 1.45. The van der Waals surface area contributed by atoms with Gasteiger partial charge in [-0.05, 0) is 18.2 Å². The topological polar surface area (TPSA) is 59.4 Å². The summed E-state index contributed by atoms with van der Waals surface area (Å²) in [5, 5.41) is 4.16. The molecule has 110 valence electrons. The monoisotopic (exact) mass is 292 g/mol. The number of hydrogen-bond acceptors (Lipinski definition) is 5. The first-order valence-corrected chi connectivity index (χ1v) is 7.06. The second-order valence-electron chi connectivity index (χ2n) is 4.61. The first-order chi connectivity index (χ1) is 10.9. The quantitative estimate of drug-likeness (QED) is 0.748. The average molecular weight is 292 g/mol. The third-order valence-corrected chi connectivity index (χ3v) is 3.02. The maximum absolute atomic E-state index is 5.20. The van der Waals surface area contributed by atoms with Crippen LogP contribution in [0.1, 0.15) is 0 Å². The van der Waals surface area contributed by atoms with E-state index in [2.05, 4.69) is 20.3 Å². The predicted octanol–water partition coefficient (Wildman–Crippen LogP) is 3.11. The molecular formula is C17H16N4O. The van der Waals surface area contributed by atoms with Crippen LogP contribution < -0.4 is 5.32 Å². The van der Waals surface area contributed by atoms with Gasteiger partial charge in [-0.3, -0.25) is 0 Å². The minimum absolute atomic E-state index is 0.626. The van der Waals surface area contributed by atoms with Gasteiger partial charge in [0.25, 0.3) is 6.02 Å². The zero-order chi connectivity index (χ0) is 15.0. The number of aliphatic imine (C=N–C) groups is 1. The van der Waals surface area contributed by atoms with E-state index >= 15 is 0 Å². The summed E-state index contributed by atoms with van der Waals surface area (Å²) in [4.78, 5) is 12.1. The molecule has 0 atom stereocenters. The van der Waals surface area contributed by atoms with Crippen molar-refractivity contribution in [2.75, 3.05) is 18.5 Å². The third kappa shape index (κ3) is 3.79. The van der Waals surface area contributed by atoms with Crippen molar-refractivity contribution in [3.05, 3.63) is 67.1 Å². The number of aromatic nitrogens is 2. The summed E-state index contributed by atoms with van der Waals surface area (Å²) in [5.74, 6) is 0. The standard InChI is InChI=1S/C9H10N2O.C8H6N2/c1-2-4-8(5-3-1)11-9-10-6-7-12-9;1-2-4-8-7(3-1)5-9-6-10-8/h1-5H,6-7H2,(H,10,11);1-6H. The smallest absolute Gasteiger partial charge is 0.289 e. The molecule has 1 aromatic heterocycles. The van der Waals surface area contributed by atoms with Gasteiger partial charge in [0, 0.05) is 17.3 Å². The van der Waals surface area contributed by atoms with Crippen molar-refractivity contribution in [1.29, 1.82) is 0 Å². The van der Waals surface area contributed by atoms with Gasteiger partial charge in [0.15, 0.2) is 0 Å². The van der Waals surface area contributed by atoms with Gasteiger partial charge >= 0.3 is 0 Å². The number of fused-ring (bicyclic) bond motifs is 1. The van der Waals surface area contributed by atoms with E-state index in [1.54, 1.807) is 6.33 Å². The van der Waals surface area contributed by atoms with Crippen LogP contribution >= 0.6 is 0 Å². The van der Waals surface area contributed by atoms with Crippen LogP contribution in [0.5, 0.6) is 0 Å². The Morgan fingerprint density at radius 3 is 2.55 bits per heavy atom. The van der Waals surface area contributed by atoms with Crippen molar-refractivity contribution in [2.45, 2.75) is 0 Å². The van der Waals surface area contributed by atoms with Gasteiger partial charge in [-0.2, -0.15) is 0 Å². The molecule has 5 nitrogen and oxygen atoms in total. The molecule has 0 radical (unpaired) electrons. The van der Waals surface area contributed by atoms with Crippen molar-refractivity contribution in [1.82, 2.24) is 9.97 Å². The Bertz CT molecular complexity index is 693. The third-order valence-electron chi connectivity index (χ3n) is 3.02. The lowest BCUT2D eigenvalue weighted by Crippen LogP contribution is -2.11. The molecule has 0 unspecified atom stereocenters. The molecule has 0 saturated carbocycles. The first kappa shape index (κ1) is 14.0. The average Bonchev–Trinajstić information content (AvgIpc) is 3.10. The SMILES string of the molecule is c1ccc(NC2=NCCO2)cc1.c1ccc2ncncc2c1. The lowest BCUT2D eigenvalue weighted by molar-refractivity contribution is 0.346. The molecule has 0 amide bonds. The summed E-state index contributed by atoms with van der Waals surface area (Å²) in [6, 6.07) is 18.4. The van der Waals surface area contributed by atoms with Crippen LogP contribution in [0.2, 0.25) is 0 Å². The molecule has 1 N–H and O–H groups in total. The molecule has 1 aliphatic heterocycles. The van der Waals surface area contributed by atoms with Crippen molar-refractivity contribution in [3.8, 4) is 0 Å². The fourth-order valence-corrected chi connectivity index (χ4v) is 1.98. The molecule has 0 aliphatic carbocycles. The van der Waals surface area contributed by atoms with Crippen molar-refractivity contribution in [3.63, 3.8) is 0 Å². The number of amidine groups is 1. The van der Waals surface area contributed by atoms with E-state index in [1.807, 2.05) is 60.8 Å². The van der Waals surface area contributed by atoms with Crippen LogP contribution in [0.4, 0.5) is 5.69 Å². The molecule has 0 bridgehead atoms. The minimum Gasteiger partial charge on any atom is -0.463 e. The first-order valence-electron chi connectivity index (χ1n) is 7.06. The Kier molecular flexibility index (Phi) is 4.57. The van der Waals surface area contributed by atoms with E-state index in [1.165, 1.54) is 0 Å². The Morgan fingerprint density at radius 2 is 1.77 bits per heavy atom. The van der Waals surface area contributed by atoms with Gasteiger partial charge in [0.05, 0.1) is 12.1 Å². The van der Waals surface area contributed by atoms with Crippen LogP contribution in [-0.2, 0) is 4.74 Å². The maximum atomic E-state index is 5.20. The van der Waals surface area contributed by atoms with Crippen LogP contribution in [0.25, 0.3) is 10.9 Å². The summed E-state index contributed by atoms with van der Waals surface area (Å²) in [7, 11) is 0. The molecule has 0 fully saturated rings. The minimum atomic E-state index is 0.626. The largest absolute Gasteiger partial charge is 0.463 e. The zero-order valence-electron chi connectivity index (χ0n) is 12.0. The van der Waals surface area contributed by atoms with Crippen LogP contribution in [0, 0.1) is 0 Å². The molecule has 5 heteroatoms. The Hall–Kier alpha value is -2.95. The molecular weight excluding hydrogens is 276 g/mol. The van der Waals surface area contributed by atoms with E-state index in [0.717, 1.165) is 23.1 Å². The fraction of sp³-hybridized carbons (Fsp3) is 0.118. The number of benzene rings is 2. The Labute approximate surface area is 128 Å². The van der Waals surface area contributed by atoms with Gasteiger partial charge in [-0.25, -0.2) is 15.0 Å². The molecule has 3 aromatic rings. The highest BCUT2D eigenvalue weighted by Crippen LogP contribution is 2.07. The number of nitrogens with one attached hydrogen (secondary N) is 1. The van der Waals surface area contributed by atoms with Crippen LogP contribution in [0.15, 0.2) is 72.1 Å². The van der Waals surface area contributed by atoms with Crippen molar-refractivity contribution >= 4 is 22.6 Å². The normalized spacial score (nSPS) is 12.8. The van der Waals surface area contributed by atoms with Crippen LogP contribution in [0.3, 0.4) is 0 Å². The predicted molar refractivity (Wildman–Crippen MR) is 87.9 cm³/mol. The highest BCUT2D eigenvalue weighted by molar-refractivity contribution is 5.89. The highest BCUT2D eigenvalue weighted by Gasteiger charge is 2.05. The number of ether oxygens (including phenoxy) is 1. The molecule has 0 spiro atoms. The lowest BCUT2D eigenvalue weighted by Gasteiger charge is -2.03. The van der Waals surface area contributed by atoms with Crippen LogP contribution in [-0.4, -0.2) is 29.1 Å². The van der Waals surface area contributed by atoms with E-state index in [-0.39, 0.29) is 0 Å². The van der Waals surface area contributed by atoms with Gasteiger partial charge in [-0.1, -0.05) is 36.4 Å². The summed E-state index contributed by atoms with van der Waals surface area (Å²) >= 11 is 0. The summed E-state index contributed by atoms with van der Waals surface area (Å²) in [5.41, 5.74) is 2.01. The molecule has 4 rings (SSSR count). The van der Waals surface area contributed by atoms with Gasteiger partial charge in [0.2, 0.25) is 0 Å². The Balaban J connectivity index is 0.000000133. The van der Waals surface area contributed by atoms with E-state index in [4.69, 9.17) is 4.74 Å². The second kappa shape index (κ2) is 7.17. The van der Waals surface area contributed by atoms with E-state index < -0.39 is 0 Å². The van der Waals surface area contributed by atoms with Crippen molar-refractivity contribution in [2.24, 2.45) is 4.99 Å². The van der Waals surface area contributed by atoms with E-state index in [9.17, 15) is 0 Å². The van der Waals surface area contributed by atoms with Crippen molar-refractivity contribution < 1.29 is 4.74 Å². The maximum Gasteiger partial charge on any atom is 0.289 e. The summed E-state index contributed by atoms with van der Waals surface area (Å²) in [6.07, 6.45) is 3.37. The van der Waals surface area contributed by atoms with Gasteiger partial charge in [0.1, 0.15) is 12.9 Å².